The van der Waals surface area contributed by atoms with E-state index in [0.717, 1.165) is 41.3 Å². The molecule has 2 amide bonds. The minimum Gasteiger partial charge on any atom is -0.358 e. The smallest absolute Gasteiger partial charge is 0.250 e. The number of nitrogens with zero attached hydrogens (tertiary/aromatic N) is 2. The van der Waals surface area contributed by atoms with Crippen molar-refractivity contribution in [3.63, 3.8) is 0 Å². The third-order valence-electron chi connectivity index (χ3n) is 6.27. The molecule has 0 spiro atoms. The van der Waals surface area contributed by atoms with Crippen LogP contribution in [0.4, 0.5) is 0 Å². The molecular formula is C24H24ClN3O2. The molecule has 5 rings (SSSR count). The Bertz CT molecular complexity index is 1110. The standard InChI is InChI=1S/C24H24ClN3O2/c25-17-9-10-20-18(14-17)19-15-27(13-11-21(19)26-20)24(30)23(16-6-2-1-3-7-16)28-12-5-4-8-22(28)29/h1-3,6-7,9-10,14,23,26H,4-5,8,11-13,15H2. The van der Waals surface area contributed by atoms with Crippen LogP contribution in [0.3, 0.4) is 0 Å². The van der Waals surface area contributed by atoms with Gasteiger partial charge in [-0.2, -0.15) is 0 Å². The van der Waals surface area contributed by atoms with Crippen LogP contribution in [0.1, 0.15) is 42.1 Å². The van der Waals surface area contributed by atoms with Gasteiger partial charge in [-0.25, -0.2) is 0 Å². The summed E-state index contributed by atoms with van der Waals surface area (Å²) in [7, 11) is 0. The molecule has 1 fully saturated rings. The van der Waals surface area contributed by atoms with Gasteiger partial charge in [0.1, 0.15) is 6.04 Å². The van der Waals surface area contributed by atoms with Crippen molar-refractivity contribution in [2.24, 2.45) is 0 Å². The van der Waals surface area contributed by atoms with Crippen LogP contribution >= 0.6 is 11.6 Å². The Morgan fingerprint density at radius 1 is 1.03 bits per heavy atom. The predicted molar refractivity (Wildman–Crippen MR) is 117 cm³/mol. The van der Waals surface area contributed by atoms with E-state index in [0.29, 0.717) is 31.1 Å². The van der Waals surface area contributed by atoms with Gasteiger partial charge in [-0.1, -0.05) is 41.9 Å². The number of likely N-dealkylation sites (tertiary alicyclic amines) is 1. The number of H-pyrrole nitrogens is 1. The molecule has 1 unspecified atom stereocenters. The van der Waals surface area contributed by atoms with Crippen LogP contribution in [0.2, 0.25) is 5.02 Å². The Labute approximate surface area is 180 Å². The SMILES string of the molecule is O=C(C(c1ccccc1)N1CCCCC1=O)N1CCc2[nH]c3ccc(Cl)cc3c2C1. The zero-order chi connectivity index (χ0) is 20.7. The van der Waals surface area contributed by atoms with Crippen LogP contribution in [0.5, 0.6) is 0 Å². The molecule has 3 heterocycles. The van der Waals surface area contributed by atoms with Crippen LogP contribution in [-0.2, 0) is 22.6 Å². The van der Waals surface area contributed by atoms with E-state index in [1.54, 1.807) is 4.90 Å². The third-order valence-corrected chi connectivity index (χ3v) is 6.50. The highest BCUT2D eigenvalue weighted by molar-refractivity contribution is 6.31. The van der Waals surface area contributed by atoms with Gasteiger partial charge in [0.25, 0.3) is 0 Å². The number of hydrogen-bond acceptors (Lipinski definition) is 2. The number of amides is 2. The lowest BCUT2D eigenvalue weighted by atomic mass is 9.98. The van der Waals surface area contributed by atoms with Gasteiger partial charge in [0.15, 0.2) is 0 Å². The highest BCUT2D eigenvalue weighted by atomic mass is 35.5. The van der Waals surface area contributed by atoms with Gasteiger partial charge in [0, 0.05) is 59.7 Å². The van der Waals surface area contributed by atoms with Crippen LogP contribution in [0.25, 0.3) is 10.9 Å². The molecule has 154 valence electrons. The van der Waals surface area contributed by atoms with Crippen molar-refractivity contribution in [2.75, 3.05) is 13.1 Å². The normalized spacial score (nSPS) is 17.8. The van der Waals surface area contributed by atoms with Crippen molar-refractivity contribution in [1.82, 2.24) is 14.8 Å². The molecule has 1 N–H and O–H groups in total. The van der Waals surface area contributed by atoms with E-state index in [2.05, 4.69) is 4.98 Å². The van der Waals surface area contributed by atoms with Gasteiger partial charge in [-0.05, 0) is 36.6 Å². The summed E-state index contributed by atoms with van der Waals surface area (Å²) in [6, 6.07) is 15.0. The lowest BCUT2D eigenvalue weighted by molar-refractivity contribution is -0.148. The van der Waals surface area contributed by atoms with Crippen molar-refractivity contribution in [3.05, 3.63) is 70.4 Å². The minimum absolute atomic E-state index is 0.00141. The number of carbonyl (C=O) groups excluding carboxylic acids is 2. The van der Waals surface area contributed by atoms with Gasteiger partial charge in [-0.15, -0.1) is 0 Å². The quantitative estimate of drug-likeness (QED) is 0.678. The Kier molecular flexibility index (Phi) is 4.99. The fourth-order valence-electron chi connectivity index (χ4n) is 4.74. The van der Waals surface area contributed by atoms with E-state index < -0.39 is 6.04 Å². The molecule has 3 aromatic rings. The highest BCUT2D eigenvalue weighted by Crippen LogP contribution is 2.33. The fraction of sp³-hybridized carbons (Fsp3) is 0.333. The Balaban J connectivity index is 1.49. The molecular weight excluding hydrogens is 398 g/mol. The number of halogens is 1. The average molecular weight is 422 g/mol. The van der Waals surface area contributed by atoms with E-state index in [-0.39, 0.29) is 11.8 Å². The number of benzene rings is 2. The van der Waals surface area contributed by atoms with Gasteiger partial charge in [0.2, 0.25) is 11.8 Å². The highest BCUT2D eigenvalue weighted by Gasteiger charge is 2.36. The summed E-state index contributed by atoms with van der Waals surface area (Å²) < 4.78 is 0. The minimum atomic E-state index is -0.561. The Hall–Kier alpha value is -2.79. The summed E-state index contributed by atoms with van der Waals surface area (Å²) in [5.41, 5.74) is 4.22. The van der Waals surface area contributed by atoms with E-state index in [9.17, 15) is 9.59 Å². The summed E-state index contributed by atoms with van der Waals surface area (Å²) in [6.45, 7) is 1.80. The Morgan fingerprint density at radius 2 is 1.87 bits per heavy atom. The molecule has 1 saturated heterocycles. The first-order chi connectivity index (χ1) is 14.6. The molecule has 0 aliphatic carbocycles. The number of hydrogen-bond donors (Lipinski definition) is 1. The van der Waals surface area contributed by atoms with Crippen molar-refractivity contribution in [1.29, 1.82) is 0 Å². The molecule has 0 radical (unpaired) electrons. The van der Waals surface area contributed by atoms with Crippen molar-refractivity contribution < 1.29 is 9.59 Å². The van der Waals surface area contributed by atoms with Crippen LogP contribution in [0, 0.1) is 0 Å². The molecule has 2 aliphatic heterocycles. The van der Waals surface area contributed by atoms with E-state index in [1.807, 2.05) is 53.4 Å². The van der Waals surface area contributed by atoms with Crippen molar-refractivity contribution in [2.45, 2.75) is 38.3 Å². The van der Waals surface area contributed by atoms with E-state index in [4.69, 9.17) is 11.6 Å². The van der Waals surface area contributed by atoms with Gasteiger partial charge < -0.3 is 14.8 Å². The first-order valence-corrected chi connectivity index (χ1v) is 10.9. The number of aromatic amines is 1. The van der Waals surface area contributed by atoms with Crippen LogP contribution < -0.4 is 0 Å². The first kappa shape index (κ1) is 19.2. The second-order valence-corrected chi connectivity index (χ2v) is 8.58. The Morgan fingerprint density at radius 3 is 2.67 bits per heavy atom. The van der Waals surface area contributed by atoms with Gasteiger partial charge in [0.05, 0.1) is 0 Å². The van der Waals surface area contributed by atoms with E-state index >= 15 is 0 Å². The molecule has 2 aliphatic rings. The average Bonchev–Trinajstić information content (AvgIpc) is 3.13. The summed E-state index contributed by atoms with van der Waals surface area (Å²) >= 11 is 6.23. The van der Waals surface area contributed by atoms with Crippen molar-refractivity contribution >= 4 is 34.3 Å². The zero-order valence-corrected chi connectivity index (χ0v) is 17.5. The number of aromatic nitrogens is 1. The molecule has 0 bridgehead atoms. The second-order valence-electron chi connectivity index (χ2n) is 8.14. The number of carbonyl (C=O) groups is 2. The largest absolute Gasteiger partial charge is 0.358 e. The van der Waals surface area contributed by atoms with E-state index in [1.165, 1.54) is 5.69 Å². The van der Waals surface area contributed by atoms with Crippen LogP contribution in [-0.4, -0.2) is 39.7 Å². The van der Waals surface area contributed by atoms with Gasteiger partial charge >= 0.3 is 0 Å². The lowest BCUT2D eigenvalue weighted by Crippen LogP contribution is -2.48. The number of rotatable bonds is 3. The third kappa shape index (κ3) is 3.37. The zero-order valence-electron chi connectivity index (χ0n) is 16.7. The maximum Gasteiger partial charge on any atom is 0.250 e. The topological polar surface area (TPSA) is 56.4 Å². The molecule has 30 heavy (non-hydrogen) atoms. The molecule has 6 heteroatoms. The summed E-state index contributed by atoms with van der Waals surface area (Å²) in [4.78, 5) is 33.6. The molecule has 2 aromatic carbocycles. The monoisotopic (exact) mass is 421 g/mol. The summed E-state index contributed by atoms with van der Waals surface area (Å²) in [6.07, 6.45) is 3.12. The first-order valence-electron chi connectivity index (χ1n) is 10.5. The molecule has 1 aromatic heterocycles. The number of fused-ring (bicyclic) bond motifs is 3. The molecule has 0 saturated carbocycles. The van der Waals surface area contributed by atoms with Crippen LogP contribution in [0.15, 0.2) is 48.5 Å². The maximum absolute atomic E-state index is 13.8. The lowest BCUT2D eigenvalue weighted by Gasteiger charge is -2.38. The van der Waals surface area contributed by atoms with Crippen molar-refractivity contribution in [3.8, 4) is 0 Å². The van der Waals surface area contributed by atoms with Gasteiger partial charge in [-0.3, -0.25) is 9.59 Å². The number of nitrogens with one attached hydrogen (secondary N) is 1. The predicted octanol–water partition coefficient (Wildman–Crippen LogP) is 4.46. The fourth-order valence-corrected chi connectivity index (χ4v) is 4.91. The molecule has 5 nitrogen and oxygen atoms in total. The summed E-state index contributed by atoms with van der Waals surface area (Å²) in [5, 5.41) is 1.76. The summed E-state index contributed by atoms with van der Waals surface area (Å²) in [5.74, 6) is 0.0681. The molecule has 1 atom stereocenters. The number of piperidine rings is 1. The second kappa shape index (κ2) is 7.80. The maximum atomic E-state index is 13.8.